The van der Waals surface area contributed by atoms with Gasteiger partial charge in [0.25, 0.3) is 0 Å². The number of carbonyl (C=O) groups is 1. The largest absolute Gasteiger partial charge is 0.366 e. The number of hydrogen-bond donors (Lipinski definition) is 2. The van der Waals surface area contributed by atoms with E-state index < -0.39 is 5.91 Å². The molecule has 4 rings (SSSR count). The summed E-state index contributed by atoms with van der Waals surface area (Å²) in [5, 5.41) is 3.36. The minimum Gasteiger partial charge on any atom is -0.366 e. The molecule has 0 aliphatic rings. The second-order valence-corrected chi connectivity index (χ2v) is 6.22. The molecule has 3 N–H and O–H groups in total. The Labute approximate surface area is 155 Å². The third-order valence-electron chi connectivity index (χ3n) is 4.36. The highest BCUT2D eigenvalue weighted by atomic mass is 16.1. The summed E-state index contributed by atoms with van der Waals surface area (Å²) in [4.78, 5) is 24.8. The number of nitrogens with two attached hydrogens (primary N) is 1. The van der Waals surface area contributed by atoms with Gasteiger partial charge < -0.3 is 11.1 Å². The van der Waals surface area contributed by atoms with E-state index in [-0.39, 0.29) is 6.04 Å². The Morgan fingerprint density at radius 1 is 1.15 bits per heavy atom. The molecule has 4 aromatic rings. The lowest BCUT2D eigenvalue weighted by Crippen LogP contribution is -2.11. The van der Waals surface area contributed by atoms with Gasteiger partial charge in [-0.2, -0.15) is 0 Å². The Hall–Kier alpha value is -3.74. The third kappa shape index (κ3) is 3.35. The zero-order valence-electron chi connectivity index (χ0n) is 14.7. The lowest BCUT2D eigenvalue weighted by molar-refractivity contribution is 0.100. The second-order valence-electron chi connectivity index (χ2n) is 6.22. The van der Waals surface area contributed by atoms with Crippen LogP contribution >= 0.6 is 0 Å². The van der Waals surface area contributed by atoms with Crippen molar-refractivity contribution in [1.82, 2.24) is 19.5 Å². The summed E-state index contributed by atoms with van der Waals surface area (Å²) in [5.74, 6) is 0.768. The van der Waals surface area contributed by atoms with E-state index >= 15 is 0 Å². The van der Waals surface area contributed by atoms with Crippen LogP contribution in [0.15, 0.2) is 67.3 Å². The smallest absolute Gasteiger partial charge is 0.248 e. The highest BCUT2D eigenvalue weighted by molar-refractivity contribution is 5.96. The summed E-state index contributed by atoms with van der Waals surface area (Å²) in [6.07, 6.45) is 4.98. The maximum Gasteiger partial charge on any atom is 0.248 e. The fourth-order valence-corrected chi connectivity index (χ4v) is 2.93. The molecule has 2 heterocycles. The molecule has 7 nitrogen and oxygen atoms in total. The molecule has 0 bridgehead atoms. The minimum absolute atomic E-state index is 0.0803. The molecule has 1 atom stereocenters. The van der Waals surface area contributed by atoms with E-state index in [1.807, 2.05) is 18.2 Å². The van der Waals surface area contributed by atoms with Gasteiger partial charge in [-0.05, 0) is 30.7 Å². The maximum absolute atomic E-state index is 11.5. The average Bonchev–Trinajstić information content (AvgIpc) is 3.12. The lowest BCUT2D eigenvalue weighted by atomic mass is 10.1. The summed E-state index contributed by atoms with van der Waals surface area (Å²) in [6, 6.07) is 15.3. The number of nitrogens with one attached hydrogen (secondary N) is 1. The number of rotatable bonds is 5. The highest BCUT2D eigenvalue weighted by Crippen LogP contribution is 2.21. The molecule has 1 amide bonds. The van der Waals surface area contributed by atoms with Crippen LogP contribution in [0.2, 0.25) is 0 Å². The van der Waals surface area contributed by atoms with E-state index in [4.69, 9.17) is 5.73 Å². The van der Waals surface area contributed by atoms with Crippen molar-refractivity contribution >= 4 is 22.8 Å². The second kappa shape index (κ2) is 6.87. The van der Waals surface area contributed by atoms with Crippen LogP contribution in [0.3, 0.4) is 0 Å². The predicted octanol–water partition coefficient (Wildman–Crippen LogP) is 3.09. The van der Waals surface area contributed by atoms with E-state index in [9.17, 15) is 4.79 Å². The first-order chi connectivity index (χ1) is 13.1. The standard InChI is InChI=1S/C20H18N6O/c1-13(14-5-3-2-4-6-14)24-18-10-22-11-19(25-18)26-12-23-16-8-7-15(20(21)27)9-17(16)26/h2-13H,1H3,(H2,21,27)(H,24,25). The molecule has 0 radical (unpaired) electrons. The molecule has 0 spiro atoms. The van der Waals surface area contributed by atoms with Gasteiger partial charge in [0, 0.05) is 11.6 Å². The molecule has 0 fully saturated rings. The van der Waals surface area contributed by atoms with Crippen molar-refractivity contribution in [3.05, 3.63) is 78.4 Å². The molecule has 0 aliphatic heterocycles. The molecule has 27 heavy (non-hydrogen) atoms. The van der Waals surface area contributed by atoms with Crippen LogP contribution in [0, 0.1) is 0 Å². The van der Waals surface area contributed by atoms with Gasteiger partial charge in [0.05, 0.1) is 23.4 Å². The number of aromatic nitrogens is 4. The van der Waals surface area contributed by atoms with E-state index in [0.29, 0.717) is 17.2 Å². The van der Waals surface area contributed by atoms with Crippen LogP contribution in [0.1, 0.15) is 28.9 Å². The Morgan fingerprint density at radius 3 is 2.74 bits per heavy atom. The number of anilines is 1. The van der Waals surface area contributed by atoms with Gasteiger partial charge in [-0.1, -0.05) is 30.3 Å². The fraction of sp³-hybridized carbons (Fsp3) is 0.100. The Kier molecular flexibility index (Phi) is 4.25. The summed E-state index contributed by atoms with van der Waals surface area (Å²) in [6.45, 7) is 2.06. The lowest BCUT2D eigenvalue weighted by Gasteiger charge is -2.15. The molecule has 7 heteroatoms. The molecular formula is C20H18N6O. The minimum atomic E-state index is -0.483. The zero-order chi connectivity index (χ0) is 18.8. The number of fused-ring (bicyclic) bond motifs is 1. The first kappa shape index (κ1) is 16.7. The first-order valence-electron chi connectivity index (χ1n) is 8.52. The summed E-state index contributed by atoms with van der Waals surface area (Å²) in [7, 11) is 0. The molecule has 2 aromatic heterocycles. The van der Waals surface area contributed by atoms with Gasteiger partial charge in [-0.25, -0.2) is 9.97 Å². The number of amides is 1. The SMILES string of the molecule is CC(Nc1cncc(-n2cnc3ccc(C(N)=O)cc32)n1)c1ccccc1. The molecular weight excluding hydrogens is 340 g/mol. The van der Waals surface area contributed by atoms with Crippen LogP contribution in [0.4, 0.5) is 5.82 Å². The molecule has 0 aliphatic carbocycles. The van der Waals surface area contributed by atoms with Crippen LogP contribution < -0.4 is 11.1 Å². The van der Waals surface area contributed by atoms with Gasteiger partial charge in [0.1, 0.15) is 12.1 Å². The van der Waals surface area contributed by atoms with Crippen molar-refractivity contribution in [2.75, 3.05) is 5.32 Å². The van der Waals surface area contributed by atoms with Crippen molar-refractivity contribution in [2.45, 2.75) is 13.0 Å². The molecule has 1 unspecified atom stereocenters. The van der Waals surface area contributed by atoms with Gasteiger partial charge in [-0.15, -0.1) is 0 Å². The molecule has 2 aromatic carbocycles. The molecule has 0 saturated heterocycles. The van der Waals surface area contributed by atoms with Crippen molar-refractivity contribution in [3.8, 4) is 5.82 Å². The third-order valence-corrected chi connectivity index (χ3v) is 4.36. The van der Waals surface area contributed by atoms with Crippen molar-refractivity contribution in [2.24, 2.45) is 5.73 Å². The Bertz CT molecular complexity index is 1110. The van der Waals surface area contributed by atoms with E-state index in [1.54, 1.807) is 41.5 Å². The summed E-state index contributed by atoms with van der Waals surface area (Å²) >= 11 is 0. The van der Waals surface area contributed by atoms with Crippen molar-refractivity contribution < 1.29 is 4.79 Å². The predicted molar refractivity (Wildman–Crippen MR) is 104 cm³/mol. The number of benzene rings is 2. The maximum atomic E-state index is 11.5. The topological polar surface area (TPSA) is 98.7 Å². The van der Waals surface area contributed by atoms with Gasteiger partial charge in [-0.3, -0.25) is 14.3 Å². The van der Waals surface area contributed by atoms with E-state index in [2.05, 4.69) is 39.3 Å². The normalized spacial score (nSPS) is 12.0. The first-order valence-corrected chi connectivity index (χ1v) is 8.52. The number of primary amides is 1. The fourth-order valence-electron chi connectivity index (χ4n) is 2.93. The van der Waals surface area contributed by atoms with Crippen LogP contribution in [0.25, 0.3) is 16.9 Å². The zero-order valence-corrected chi connectivity index (χ0v) is 14.7. The number of hydrogen-bond acceptors (Lipinski definition) is 5. The van der Waals surface area contributed by atoms with Crippen LogP contribution in [-0.2, 0) is 0 Å². The Morgan fingerprint density at radius 2 is 1.96 bits per heavy atom. The summed E-state index contributed by atoms with van der Waals surface area (Å²) in [5.41, 5.74) is 8.46. The molecule has 134 valence electrons. The quantitative estimate of drug-likeness (QED) is 0.571. The highest BCUT2D eigenvalue weighted by Gasteiger charge is 2.11. The van der Waals surface area contributed by atoms with Crippen molar-refractivity contribution in [3.63, 3.8) is 0 Å². The van der Waals surface area contributed by atoms with Gasteiger partial charge in [0.15, 0.2) is 5.82 Å². The van der Waals surface area contributed by atoms with Crippen LogP contribution in [0.5, 0.6) is 0 Å². The monoisotopic (exact) mass is 358 g/mol. The Balaban J connectivity index is 1.67. The van der Waals surface area contributed by atoms with Gasteiger partial charge >= 0.3 is 0 Å². The summed E-state index contributed by atoms with van der Waals surface area (Å²) < 4.78 is 1.78. The molecule has 0 saturated carbocycles. The van der Waals surface area contributed by atoms with E-state index in [0.717, 1.165) is 16.6 Å². The van der Waals surface area contributed by atoms with Crippen LogP contribution in [-0.4, -0.2) is 25.4 Å². The van der Waals surface area contributed by atoms with Gasteiger partial charge in [0.2, 0.25) is 5.91 Å². The number of imidazole rings is 1. The number of nitrogens with zero attached hydrogens (tertiary/aromatic N) is 4. The van der Waals surface area contributed by atoms with E-state index in [1.165, 1.54) is 0 Å². The van der Waals surface area contributed by atoms with Crippen molar-refractivity contribution in [1.29, 1.82) is 0 Å². The number of carbonyl (C=O) groups excluding carboxylic acids is 1. The average molecular weight is 358 g/mol.